The van der Waals surface area contributed by atoms with Crippen molar-refractivity contribution in [3.8, 4) is 0 Å². The molecule has 1 aromatic rings. The van der Waals surface area contributed by atoms with Crippen molar-refractivity contribution >= 4 is 23.6 Å². The number of aliphatic hydroxyl groups is 1. The third kappa shape index (κ3) is 3.97. The molecule has 2 unspecified atom stereocenters. The highest BCUT2D eigenvalue weighted by Crippen LogP contribution is 2.19. The molecule has 1 aromatic carbocycles. The average Bonchev–Trinajstić information content (AvgIpc) is 2.35. The van der Waals surface area contributed by atoms with Gasteiger partial charge >= 0.3 is 5.97 Å². The first kappa shape index (κ1) is 15.5. The van der Waals surface area contributed by atoms with Crippen molar-refractivity contribution < 1.29 is 19.8 Å². The number of aryl methyl sites for hydroxylation is 1. The Morgan fingerprint density at radius 1 is 1.37 bits per heavy atom. The lowest BCUT2D eigenvalue weighted by Crippen LogP contribution is -2.47. The lowest BCUT2D eigenvalue weighted by Gasteiger charge is -2.18. The van der Waals surface area contributed by atoms with E-state index >= 15 is 0 Å². The van der Waals surface area contributed by atoms with Crippen LogP contribution in [0, 0.1) is 6.92 Å². The van der Waals surface area contributed by atoms with E-state index in [0.29, 0.717) is 5.56 Å². The Morgan fingerprint density at radius 3 is 2.47 bits per heavy atom. The fourth-order valence-electron chi connectivity index (χ4n) is 1.58. The highest BCUT2D eigenvalue weighted by atomic mass is 32.2. The number of aliphatic carboxylic acids is 1. The van der Waals surface area contributed by atoms with Crippen LogP contribution in [0.4, 0.5) is 0 Å². The van der Waals surface area contributed by atoms with Crippen LogP contribution in [0.2, 0.25) is 0 Å². The van der Waals surface area contributed by atoms with Crippen molar-refractivity contribution in [2.75, 3.05) is 6.26 Å². The number of nitrogens with one attached hydrogen (secondary N) is 1. The van der Waals surface area contributed by atoms with Crippen molar-refractivity contribution in [1.29, 1.82) is 0 Å². The van der Waals surface area contributed by atoms with Crippen molar-refractivity contribution in [3.05, 3.63) is 29.3 Å². The zero-order valence-electron chi connectivity index (χ0n) is 11.0. The maximum atomic E-state index is 12.1. The second-order valence-electron chi connectivity index (χ2n) is 4.21. The van der Waals surface area contributed by atoms with Gasteiger partial charge in [-0.15, -0.1) is 11.8 Å². The smallest absolute Gasteiger partial charge is 0.328 e. The van der Waals surface area contributed by atoms with E-state index < -0.39 is 24.0 Å². The summed E-state index contributed by atoms with van der Waals surface area (Å²) in [5, 5.41) is 20.6. The minimum Gasteiger partial charge on any atom is -0.480 e. The van der Waals surface area contributed by atoms with Gasteiger partial charge in [0.15, 0.2) is 6.04 Å². The Hall–Kier alpha value is -1.53. The Kier molecular flexibility index (Phi) is 5.38. The van der Waals surface area contributed by atoms with E-state index in [2.05, 4.69) is 5.32 Å². The molecule has 1 amide bonds. The first-order valence-corrected chi connectivity index (χ1v) is 6.95. The van der Waals surface area contributed by atoms with Crippen LogP contribution in [0.3, 0.4) is 0 Å². The molecule has 0 bridgehead atoms. The molecule has 6 heteroatoms. The molecule has 0 aliphatic rings. The largest absolute Gasteiger partial charge is 0.480 e. The van der Waals surface area contributed by atoms with Crippen molar-refractivity contribution in [2.45, 2.75) is 30.9 Å². The second-order valence-corrected chi connectivity index (χ2v) is 5.09. The maximum Gasteiger partial charge on any atom is 0.328 e. The first-order chi connectivity index (χ1) is 8.86. The van der Waals surface area contributed by atoms with Gasteiger partial charge in [0.25, 0.3) is 5.91 Å². The van der Waals surface area contributed by atoms with Crippen LogP contribution >= 0.6 is 11.8 Å². The number of carbonyl (C=O) groups excluding carboxylic acids is 1. The summed E-state index contributed by atoms with van der Waals surface area (Å²) in [4.78, 5) is 23.9. The highest BCUT2D eigenvalue weighted by molar-refractivity contribution is 7.98. The zero-order chi connectivity index (χ0) is 14.6. The highest BCUT2D eigenvalue weighted by Gasteiger charge is 2.25. The number of hydrogen-bond donors (Lipinski definition) is 3. The molecule has 0 aliphatic heterocycles. The number of carboxylic acids is 1. The van der Waals surface area contributed by atoms with Gasteiger partial charge in [-0.05, 0) is 37.8 Å². The number of hydrogen-bond acceptors (Lipinski definition) is 4. The Labute approximate surface area is 116 Å². The monoisotopic (exact) mass is 283 g/mol. The predicted octanol–water partition coefficient (Wildman–Crippen LogP) is 1.28. The molecule has 104 valence electrons. The van der Waals surface area contributed by atoms with Gasteiger partial charge in [-0.3, -0.25) is 4.79 Å². The van der Waals surface area contributed by atoms with Crippen LogP contribution in [0.25, 0.3) is 0 Å². The maximum absolute atomic E-state index is 12.1. The summed E-state index contributed by atoms with van der Waals surface area (Å²) < 4.78 is 0. The van der Waals surface area contributed by atoms with Crippen molar-refractivity contribution in [3.63, 3.8) is 0 Å². The van der Waals surface area contributed by atoms with Crippen LogP contribution in [-0.4, -0.2) is 40.5 Å². The van der Waals surface area contributed by atoms with E-state index in [0.717, 1.165) is 10.5 Å². The lowest BCUT2D eigenvalue weighted by molar-refractivity contribution is -0.141. The van der Waals surface area contributed by atoms with Gasteiger partial charge in [-0.2, -0.15) is 0 Å². The molecule has 0 saturated heterocycles. The third-order valence-corrected chi connectivity index (χ3v) is 3.45. The van der Waals surface area contributed by atoms with Crippen LogP contribution in [-0.2, 0) is 4.79 Å². The molecule has 0 fully saturated rings. The van der Waals surface area contributed by atoms with Crippen LogP contribution in [0.1, 0.15) is 22.8 Å². The van der Waals surface area contributed by atoms with E-state index in [1.807, 2.05) is 12.3 Å². The SMILES string of the molecule is CSc1ccc(C)c(C(=O)NC(C(=O)O)C(C)O)c1. The number of benzene rings is 1. The van der Waals surface area contributed by atoms with Gasteiger partial charge in [-0.1, -0.05) is 6.07 Å². The van der Waals surface area contributed by atoms with Gasteiger partial charge < -0.3 is 15.5 Å². The number of aliphatic hydroxyl groups excluding tert-OH is 1. The zero-order valence-corrected chi connectivity index (χ0v) is 11.8. The predicted molar refractivity (Wildman–Crippen MR) is 73.5 cm³/mol. The summed E-state index contributed by atoms with van der Waals surface area (Å²) >= 11 is 1.49. The summed E-state index contributed by atoms with van der Waals surface area (Å²) in [7, 11) is 0. The number of thioether (sulfide) groups is 1. The van der Waals surface area contributed by atoms with Gasteiger partial charge in [0.2, 0.25) is 0 Å². The first-order valence-electron chi connectivity index (χ1n) is 5.73. The quantitative estimate of drug-likeness (QED) is 0.709. The van der Waals surface area contributed by atoms with Crippen LogP contribution < -0.4 is 5.32 Å². The van der Waals surface area contributed by atoms with Gasteiger partial charge in [0.05, 0.1) is 6.10 Å². The third-order valence-electron chi connectivity index (χ3n) is 2.72. The average molecular weight is 283 g/mol. The summed E-state index contributed by atoms with van der Waals surface area (Å²) in [6.45, 7) is 3.10. The van der Waals surface area contributed by atoms with E-state index in [9.17, 15) is 14.7 Å². The van der Waals surface area contributed by atoms with Gasteiger partial charge in [0.1, 0.15) is 0 Å². The lowest BCUT2D eigenvalue weighted by atomic mass is 10.1. The summed E-state index contributed by atoms with van der Waals surface area (Å²) in [5.41, 5.74) is 1.17. The molecule has 0 spiro atoms. The standard InChI is InChI=1S/C13H17NO4S/c1-7-4-5-9(19-3)6-10(7)12(16)14-11(8(2)15)13(17)18/h4-6,8,11,15H,1-3H3,(H,14,16)(H,17,18). The Morgan fingerprint density at radius 2 is 2.00 bits per heavy atom. The number of carboxylic acid groups (broad SMARTS) is 1. The minimum atomic E-state index is -1.31. The van der Waals surface area contributed by atoms with E-state index in [-0.39, 0.29) is 0 Å². The van der Waals surface area contributed by atoms with Crippen molar-refractivity contribution in [1.82, 2.24) is 5.32 Å². The fourth-order valence-corrected chi connectivity index (χ4v) is 2.02. The molecule has 2 atom stereocenters. The molecular weight excluding hydrogens is 266 g/mol. The molecule has 0 radical (unpaired) electrons. The summed E-state index contributed by atoms with van der Waals surface area (Å²) in [6, 6.07) is 4.08. The Balaban J connectivity index is 2.97. The second kappa shape index (κ2) is 6.58. The molecule has 0 saturated carbocycles. The minimum absolute atomic E-state index is 0.416. The number of amides is 1. The topological polar surface area (TPSA) is 86.6 Å². The molecule has 3 N–H and O–H groups in total. The van der Waals surface area contributed by atoms with E-state index in [1.165, 1.54) is 18.7 Å². The van der Waals surface area contributed by atoms with Gasteiger partial charge in [0, 0.05) is 10.5 Å². The van der Waals surface area contributed by atoms with Gasteiger partial charge in [-0.25, -0.2) is 4.79 Å². The summed E-state index contributed by atoms with van der Waals surface area (Å²) in [6.07, 6.45) is 0.729. The van der Waals surface area contributed by atoms with Crippen molar-refractivity contribution in [2.24, 2.45) is 0 Å². The summed E-state index contributed by atoms with van der Waals surface area (Å²) in [5.74, 6) is -1.76. The molecule has 0 heterocycles. The molecule has 0 aliphatic carbocycles. The molecule has 5 nitrogen and oxygen atoms in total. The fraction of sp³-hybridized carbons (Fsp3) is 0.385. The molecule has 1 rings (SSSR count). The number of carbonyl (C=O) groups is 2. The molecular formula is C13H17NO4S. The van der Waals surface area contributed by atoms with Crippen LogP contribution in [0.15, 0.2) is 23.1 Å². The molecule has 0 aromatic heterocycles. The normalized spacial score (nSPS) is 13.7. The molecule has 19 heavy (non-hydrogen) atoms. The van der Waals surface area contributed by atoms with Crippen LogP contribution in [0.5, 0.6) is 0 Å². The van der Waals surface area contributed by atoms with E-state index in [1.54, 1.807) is 19.1 Å². The van der Waals surface area contributed by atoms with E-state index in [4.69, 9.17) is 5.11 Å². The number of rotatable bonds is 5. The Bertz CT molecular complexity index is 488.